The van der Waals surface area contributed by atoms with E-state index in [9.17, 15) is 8.42 Å². The van der Waals surface area contributed by atoms with E-state index in [2.05, 4.69) is 9.82 Å². The standard InChI is InChI=1S/C13H18N4O3S/c1-10-9-13(14)17(15-10)12-5-3-11(4-6-12)16-21(18,19)8-7-20-2/h3-6,9,16H,7-8,14H2,1-2H3. The van der Waals surface area contributed by atoms with Gasteiger partial charge in [0, 0.05) is 18.9 Å². The number of aromatic nitrogens is 2. The van der Waals surface area contributed by atoms with Crippen LogP contribution >= 0.6 is 0 Å². The smallest absolute Gasteiger partial charge is 0.234 e. The number of rotatable bonds is 6. The third kappa shape index (κ3) is 3.96. The minimum atomic E-state index is -3.40. The van der Waals surface area contributed by atoms with Gasteiger partial charge in [-0.3, -0.25) is 4.72 Å². The topological polar surface area (TPSA) is 99.2 Å². The molecule has 0 spiro atoms. The normalized spacial score (nSPS) is 11.5. The van der Waals surface area contributed by atoms with Gasteiger partial charge in [0.1, 0.15) is 5.82 Å². The second-order valence-corrected chi connectivity index (χ2v) is 6.42. The average Bonchev–Trinajstić information content (AvgIpc) is 2.76. The van der Waals surface area contributed by atoms with Crippen LogP contribution in [0.5, 0.6) is 0 Å². The van der Waals surface area contributed by atoms with E-state index in [4.69, 9.17) is 10.5 Å². The van der Waals surface area contributed by atoms with Crippen LogP contribution in [0.3, 0.4) is 0 Å². The molecule has 0 amide bonds. The number of nitrogens with one attached hydrogen (secondary N) is 1. The van der Waals surface area contributed by atoms with Crippen molar-refractivity contribution in [1.29, 1.82) is 0 Å². The molecule has 0 bridgehead atoms. The first-order valence-corrected chi connectivity index (χ1v) is 7.98. The molecule has 0 saturated carbocycles. The van der Waals surface area contributed by atoms with Crippen molar-refractivity contribution >= 4 is 21.5 Å². The highest BCUT2D eigenvalue weighted by Crippen LogP contribution is 2.17. The van der Waals surface area contributed by atoms with Crippen LogP contribution in [0.2, 0.25) is 0 Å². The molecule has 21 heavy (non-hydrogen) atoms. The summed E-state index contributed by atoms with van der Waals surface area (Å²) < 4.78 is 32.3. The highest BCUT2D eigenvalue weighted by Gasteiger charge is 2.10. The van der Waals surface area contributed by atoms with E-state index in [-0.39, 0.29) is 12.4 Å². The minimum absolute atomic E-state index is 0.0868. The van der Waals surface area contributed by atoms with E-state index in [0.717, 1.165) is 11.4 Å². The summed E-state index contributed by atoms with van der Waals surface area (Å²) in [5.41, 5.74) is 7.91. The van der Waals surface area contributed by atoms with E-state index < -0.39 is 10.0 Å². The maximum Gasteiger partial charge on any atom is 0.234 e. The number of nitrogens with two attached hydrogens (primary N) is 1. The highest BCUT2D eigenvalue weighted by atomic mass is 32.2. The first kappa shape index (κ1) is 15.3. The van der Waals surface area contributed by atoms with Gasteiger partial charge in [-0.1, -0.05) is 0 Å². The van der Waals surface area contributed by atoms with Crippen molar-refractivity contribution in [3.63, 3.8) is 0 Å². The van der Waals surface area contributed by atoms with Gasteiger partial charge in [0.15, 0.2) is 0 Å². The van der Waals surface area contributed by atoms with Crippen LogP contribution in [0, 0.1) is 6.92 Å². The van der Waals surface area contributed by atoms with Gasteiger partial charge in [-0.2, -0.15) is 5.10 Å². The summed E-state index contributed by atoms with van der Waals surface area (Å²) >= 11 is 0. The maximum atomic E-state index is 11.7. The van der Waals surface area contributed by atoms with Gasteiger partial charge in [-0.15, -0.1) is 0 Å². The molecule has 7 nitrogen and oxygen atoms in total. The van der Waals surface area contributed by atoms with Gasteiger partial charge in [-0.05, 0) is 31.2 Å². The fraction of sp³-hybridized carbons (Fsp3) is 0.308. The quantitative estimate of drug-likeness (QED) is 0.834. The molecule has 3 N–H and O–H groups in total. The lowest BCUT2D eigenvalue weighted by molar-refractivity contribution is 0.217. The van der Waals surface area contributed by atoms with Crippen molar-refractivity contribution in [3.8, 4) is 5.69 Å². The molecule has 1 aromatic carbocycles. The lowest BCUT2D eigenvalue weighted by Gasteiger charge is -2.09. The van der Waals surface area contributed by atoms with Crippen LogP contribution in [-0.2, 0) is 14.8 Å². The number of ether oxygens (including phenoxy) is 1. The minimum Gasteiger partial charge on any atom is -0.384 e. The maximum absolute atomic E-state index is 11.7. The largest absolute Gasteiger partial charge is 0.384 e. The van der Waals surface area contributed by atoms with Crippen LogP contribution < -0.4 is 10.5 Å². The summed E-state index contributed by atoms with van der Waals surface area (Å²) in [6, 6.07) is 8.58. The number of hydrogen-bond acceptors (Lipinski definition) is 5. The number of sulfonamides is 1. The Morgan fingerprint density at radius 2 is 2.00 bits per heavy atom. The van der Waals surface area contributed by atoms with Gasteiger partial charge < -0.3 is 10.5 Å². The van der Waals surface area contributed by atoms with Crippen molar-refractivity contribution in [2.24, 2.45) is 0 Å². The molecule has 0 aliphatic heterocycles. The van der Waals surface area contributed by atoms with Gasteiger partial charge in [0.25, 0.3) is 0 Å². The summed E-state index contributed by atoms with van der Waals surface area (Å²) in [7, 11) is -1.94. The van der Waals surface area contributed by atoms with E-state index >= 15 is 0 Å². The zero-order chi connectivity index (χ0) is 15.5. The highest BCUT2D eigenvalue weighted by molar-refractivity contribution is 7.92. The van der Waals surface area contributed by atoms with Crippen molar-refractivity contribution in [2.45, 2.75) is 6.92 Å². The van der Waals surface area contributed by atoms with E-state index in [1.807, 2.05) is 6.92 Å². The monoisotopic (exact) mass is 310 g/mol. The predicted molar refractivity (Wildman–Crippen MR) is 82.0 cm³/mol. The van der Waals surface area contributed by atoms with Crippen LogP contribution in [-0.4, -0.2) is 37.7 Å². The number of nitrogens with zero attached hydrogens (tertiary/aromatic N) is 2. The predicted octanol–water partition coefficient (Wildman–Crippen LogP) is 1.15. The molecule has 1 aromatic heterocycles. The molecule has 1 heterocycles. The molecule has 0 saturated heterocycles. The zero-order valence-electron chi connectivity index (χ0n) is 11.9. The second kappa shape index (κ2) is 6.15. The second-order valence-electron chi connectivity index (χ2n) is 4.58. The van der Waals surface area contributed by atoms with Crippen molar-refractivity contribution < 1.29 is 13.2 Å². The Balaban J connectivity index is 2.14. The molecule has 0 unspecified atom stereocenters. The first-order chi connectivity index (χ1) is 9.91. The van der Waals surface area contributed by atoms with Crippen molar-refractivity contribution in [2.75, 3.05) is 29.9 Å². The number of aryl methyl sites for hydroxylation is 1. The lowest BCUT2D eigenvalue weighted by Crippen LogP contribution is -2.19. The Morgan fingerprint density at radius 1 is 1.33 bits per heavy atom. The number of benzene rings is 1. The molecule has 2 rings (SSSR count). The molecule has 8 heteroatoms. The number of methoxy groups -OCH3 is 1. The Bertz CT molecular complexity index is 708. The van der Waals surface area contributed by atoms with Crippen molar-refractivity contribution in [1.82, 2.24) is 9.78 Å². The van der Waals surface area contributed by atoms with Crippen LogP contribution in [0.1, 0.15) is 5.69 Å². The number of anilines is 2. The van der Waals surface area contributed by atoms with E-state index in [1.54, 1.807) is 35.0 Å². The fourth-order valence-corrected chi connectivity index (χ4v) is 2.80. The first-order valence-electron chi connectivity index (χ1n) is 6.33. The van der Waals surface area contributed by atoms with Crippen LogP contribution in [0.4, 0.5) is 11.5 Å². The summed E-state index contributed by atoms with van der Waals surface area (Å²) in [4.78, 5) is 0. The Hall–Kier alpha value is -2.06. The van der Waals surface area contributed by atoms with Gasteiger partial charge in [0.2, 0.25) is 10.0 Å². The summed E-state index contributed by atoms with van der Waals surface area (Å²) in [5, 5.41) is 4.26. The summed E-state index contributed by atoms with van der Waals surface area (Å²) in [5.74, 6) is 0.442. The van der Waals surface area contributed by atoms with Gasteiger partial charge >= 0.3 is 0 Å². The average molecular weight is 310 g/mol. The number of nitrogen functional groups attached to an aromatic ring is 1. The molecule has 2 aromatic rings. The molecule has 0 radical (unpaired) electrons. The lowest BCUT2D eigenvalue weighted by atomic mass is 10.3. The molecule has 0 fully saturated rings. The third-order valence-electron chi connectivity index (χ3n) is 2.80. The van der Waals surface area contributed by atoms with Crippen LogP contribution in [0.15, 0.2) is 30.3 Å². The van der Waals surface area contributed by atoms with Crippen LogP contribution in [0.25, 0.3) is 5.69 Å². The Kier molecular flexibility index (Phi) is 4.49. The Morgan fingerprint density at radius 3 is 2.52 bits per heavy atom. The SMILES string of the molecule is COCCS(=O)(=O)Nc1ccc(-n2nc(C)cc2N)cc1. The van der Waals surface area contributed by atoms with Gasteiger partial charge in [0.05, 0.1) is 23.7 Å². The molecule has 0 aliphatic rings. The summed E-state index contributed by atoms with van der Waals surface area (Å²) in [6.45, 7) is 2.00. The van der Waals surface area contributed by atoms with E-state index in [1.165, 1.54) is 7.11 Å². The fourth-order valence-electron chi connectivity index (χ4n) is 1.82. The molecule has 0 aliphatic carbocycles. The van der Waals surface area contributed by atoms with Gasteiger partial charge in [-0.25, -0.2) is 13.1 Å². The van der Waals surface area contributed by atoms with Crippen molar-refractivity contribution in [3.05, 3.63) is 36.0 Å². The molecule has 0 atom stereocenters. The molecular weight excluding hydrogens is 292 g/mol. The summed E-state index contributed by atoms with van der Waals surface area (Å²) in [6.07, 6.45) is 0. The van der Waals surface area contributed by atoms with E-state index in [0.29, 0.717) is 11.5 Å². The Labute approximate surface area is 123 Å². The third-order valence-corrected chi connectivity index (χ3v) is 4.05. The molecule has 114 valence electrons. The molecular formula is C13H18N4O3S. The zero-order valence-corrected chi connectivity index (χ0v) is 12.7. The number of hydrogen-bond donors (Lipinski definition) is 2.